The Morgan fingerprint density at radius 3 is 2.59 bits per heavy atom. The van der Waals surface area contributed by atoms with Crippen LogP contribution in [0.15, 0.2) is 41.5 Å². The fourth-order valence-electron chi connectivity index (χ4n) is 4.55. The van der Waals surface area contributed by atoms with Gasteiger partial charge in [0.15, 0.2) is 0 Å². The normalized spacial score (nSPS) is 17.8. The smallest absolute Gasteiger partial charge is 0.266 e. The van der Waals surface area contributed by atoms with Crippen LogP contribution in [-0.4, -0.2) is 72.1 Å². The molecule has 0 atom stereocenters. The molecule has 5 rings (SSSR count). The van der Waals surface area contributed by atoms with Crippen LogP contribution in [0.4, 0.5) is 0 Å². The van der Waals surface area contributed by atoms with Crippen LogP contribution in [0, 0.1) is 0 Å². The molecule has 2 aliphatic heterocycles. The van der Waals surface area contributed by atoms with Gasteiger partial charge in [0.05, 0.1) is 18.8 Å². The first-order valence-electron chi connectivity index (χ1n) is 11.6. The monoisotopic (exact) mass is 434 g/mol. The quantitative estimate of drug-likeness (QED) is 0.580. The predicted molar refractivity (Wildman–Crippen MR) is 121 cm³/mol. The number of aryl methyl sites for hydroxylation is 1. The molecule has 0 N–H and O–H groups in total. The second-order valence-electron chi connectivity index (χ2n) is 8.63. The standard InChI is InChI=1S/C23H30N8O/c32-23-8-7-20(19-5-4-9-24-17-19)27-31(23)16-15-28-11-13-29(14-12-28)18-22-26-25-21-6-2-1-3-10-30(21)22/h4-5,7-9,17H,1-3,6,10-16,18H2. The maximum atomic E-state index is 12.3. The second-order valence-corrected chi connectivity index (χ2v) is 8.63. The van der Waals surface area contributed by atoms with Gasteiger partial charge in [0.1, 0.15) is 11.6 Å². The van der Waals surface area contributed by atoms with E-state index in [2.05, 4.69) is 34.6 Å². The van der Waals surface area contributed by atoms with E-state index in [1.165, 1.54) is 19.3 Å². The maximum Gasteiger partial charge on any atom is 0.266 e. The maximum absolute atomic E-state index is 12.3. The van der Waals surface area contributed by atoms with Crippen molar-refractivity contribution in [3.8, 4) is 11.3 Å². The lowest BCUT2D eigenvalue weighted by atomic mass is 10.2. The van der Waals surface area contributed by atoms with E-state index >= 15 is 0 Å². The first kappa shape index (κ1) is 21.0. The zero-order valence-electron chi connectivity index (χ0n) is 18.4. The lowest BCUT2D eigenvalue weighted by molar-refractivity contribution is 0.119. The molecule has 0 unspecified atom stereocenters. The van der Waals surface area contributed by atoms with E-state index in [4.69, 9.17) is 0 Å². The average molecular weight is 435 g/mol. The van der Waals surface area contributed by atoms with Crippen LogP contribution in [0.5, 0.6) is 0 Å². The van der Waals surface area contributed by atoms with Crippen molar-refractivity contribution in [3.05, 3.63) is 58.7 Å². The summed E-state index contributed by atoms with van der Waals surface area (Å²) in [5.74, 6) is 2.26. The molecule has 9 heteroatoms. The summed E-state index contributed by atoms with van der Waals surface area (Å²) >= 11 is 0. The van der Waals surface area contributed by atoms with Crippen LogP contribution >= 0.6 is 0 Å². The zero-order valence-corrected chi connectivity index (χ0v) is 18.4. The molecule has 1 saturated heterocycles. The van der Waals surface area contributed by atoms with Gasteiger partial charge in [-0.2, -0.15) is 5.10 Å². The third kappa shape index (κ3) is 4.78. The van der Waals surface area contributed by atoms with E-state index < -0.39 is 0 Å². The minimum Gasteiger partial charge on any atom is -0.314 e. The number of hydrogen-bond acceptors (Lipinski definition) is 7. The number of hydrogen-bond donors (Lipinski definition) is 0. The Bertz CT molecular complexity index is 1080. The van der Waals surface area contributed by atoms with Gasteiger partial charge in [-0.25, -0.2) is 4.68 Å². The fraction of sp³-hybridized carbons (Fsp3) is 0.522. The number of rotatable bonds is 6. The highest BCUT2D eigenvalue weighted by Crippen LogP contribution is 2.16. The van der Waals surface area contributed by atoms with E-state index in [1.807, 2.05) is 12.1 Å². The van der Waals surface area contributed by atoms with Gasteiger partial charge in [-0.1, -0.05) is 6.42 Å². The summed E-state index contributed by atoms with van der Waals surface area (Å²) in [4.78, 5) is 21.3. The molecule has 2 aliphatic rings. The summed E-state index contributed by atoms with van der Waals surface area (Å²) in [6.45, 7) is 7.30. The predicted octanol–water partition coefficient (Wildman–Crippen LogP) is 1.44. The lowest BCUT2D eigenvalue weighted by Gasteiger charge is -2.34. The molecule has 9 nitrogen and oxygen atoms in total. The van der Waals surface area contributed by atoms with E-state index in [-0.39, 0.29) is 5.56 Å². The number of nitrogens with zero attached hydrogens (tertiary/aromatic N) is 8. The number of fused-ring (bicyclic) bond motifs is 1. The van der Waals surface area contributed by atoms with Gasteiger partial charge in [-0.3, -0.25) is 19.6 Å². The van der Waals surface area contributed by atoms with Crippen LogP contribution in [0.3, 0.4) is 0 Å². The Balaban J connectivity index is 1.14. The van der Waals surface area contributed by atoms with Gasteiger partial charge in [-0.05, 0) is 31.0 Å². The third-order valence-electron chi connectivity index (χ3n) is 6.47. The Morgan fingerprint density at radius 1 is 0.875 bits per heavy atom. The van der Waals surface area contributed by atoms with Crippen molar-refractivity contribution in [2.24, 2.45) is 0 Å². The van der Waals surface area contributed by atoms with E-state index in [0.29, 0.717) is 6.54 Å². The topological polar surface area (TPSA) is 85.0 Å². The van der Waals surface area contributed by atoms with Crippen LogP contribution in [0.1, 0.15) is 30.9 Å². The van der Waals surface area contributed by atoms with Crippen molar-refractivity contribution in [2.45, 2.75) is 45.3 Å². The molecule has 0 radical (unpaired) electrons. The molecule has 0 aliphatic carbocycles. The number of pyridine rings is 1. The minimum absolute atomic E-state index is 0.0659. The van der Waals surface area contributed by atoms with Crippen LogP contribution in [0.25, 0.3) is 11.3 Å². The molecule has 3 aromatic rings. The van der Waals surface area contributed by atoms with Crippen LogP contribution in [-0.2, 0) is 26.1 Å². The van der Waals surface area contributed by atoms with E-state index in [9.17, 15) is 4.79 Å². The van der Waals surface area contributed by atoms with Crippen LogP contribution < -0.4 is 5.56 Å². The minimum atomic E-state index is -0.0659. The molecule has 0 bridgehead atoms. The van der Waals surface area contributed by atoms with E-state index in [1.54, 1.807) is 29.2 Å². The highest BCUT2D eigenvalue weighted by Gasteiger charge is 2.21. The van der Waals surface area contributed by atoms with Gasteiger partial charge in [-0.15, -0.1) is 10.2 Å². The SMILES string of the molecule is O=c1ccc(-c2cccnc2)nn1CCN1CCN(Cc2nnc3n2CCCCC3)CC1. The second kappa shape index (κ2) is 9.70. The Morgan fingerprint density at radius 2 is 1.75 bits per heavy atom. The van der Waals surface area contributed by atoms with Crippen LogP contribution in [0.2, 0.25) is 0 Å². The summed E-state index contributed by atoms with van der Waals surface area (Å²) in [5.41, 5.74) is 1.62. The highest BCUT2D eigenvalue weighted by atomic mass is 16.1. The van der Waals surface area contributed by atoms with Gasteiger partial charge >= 0.3 is 0 Å². The molecule has 3 aromatic heterocycles. The molecule has 0 spiro atoms. The van der Waals surface area contributed by atoms with Crippen molar-refractivity contribution in [1.82, 2.24) is 39.3 Å². The fourth-order valence-corrected chi connectivity index (χ4v) is 4.55. The van der Waals surface area contributed by atoms with Crippen molar-refractivity contribution in [2.75, 3.05) is 32.7 Å². The average Bonchev–Trinajstić information content (AvgIpc) is 3.05. The summed E-state index contributed by atoms with van der Waals surface area (Å²) < 4.78 is 3.91. The van der Waals surface area contributed by atoms with Crippen molar-refractivity contribution < 1.29 is 0 Å². The zero-order chi connectivity index (χ0) is 21.8. The molecule has 168 valence electrons. The summed E-state index contributed by atoms with van der Waals surface area (Å²) in [6.07, 6.45) is 8.28. The summed E-state index contributed by atoms with van der Waals surface area (Å²) in [7, 11) is 0. The molecule has 5 heterocycles. The largest absolute Gasteiger partial charge is 0.314 e. The Labute approximate surface area is 187 Å². The molecule has 1 fully saturated rings. The molecule has 0 aromatic carbocycles. The van der Waals surface area contributed by atoms with Crippen molar-refractivity contribution >= 4 is 0 Å². The van der Waals surface area contributed by atoms with Gasteiger partial charge in [0.25, 0.3) is 5.56 Å². The summed E-state index contributed by atoms with van der Waals surface area (Å²) in [5, 5.41) is 13.5. The van der Waals surface area contributed by atoms with Gasteiger partial charge in [0.2, 0.25) is 0 Å². The first-order valence-corrected chi connectivity index (χ1v) is 11.6. The molecular weight excluding hydrogens is 404 g/mol. The number of piperazine rings is 1. The van der Waals surface area contributed by atoms with Crippen molar-refractivity contribution in [3.63, 3.8) is 0 Å². The molecule has 32 heavy (non-hydrogen) atoms. The first-order chi connectivity index (χ1) is 15.8. The van der Waals surface area contributed by atoms with E-state index in [0.717, 1.165) is 75.1 Å². The Hall–Kier alpha value is -2.91. The highest BCUT2D eigenvalue weighted by molar-refractivity contribution is 5.56. The summed E-state index contributed by atoms with van der Waals surface area (Å²) in [6, 6.07) is 7.19. The van der Waals surface area contributed by atoms with Crippen molar-refractivity contribution in [1.29, 1.82) is 0 Å². The Kier molecular flexibility index (Phi) is 6.36. The number of aromatic nitrogens is 6. The van der Waals surface area contributed by atoms with Gasteiger partial charge < -0.3 is 4.57 Å². The molecular formula is C23H30N8O. The molecule has 0 amide bonds. The third-order valence-corrected chi connectivity index (χ3v) is 6.47. The van der Waals surface area contributed by atoms with Gasteiger partial charge in [0, 0.05) is 69.7 Å². The molecule has 0 saturated carbocycles. The lowest BCUT2D eigenvalue weighted by Crippen LogP contribution is -2.47.